The Kier molecular flexibility index (Phi) is 4.02. The van der Waals surface area contributed by atoms with Gasteiger partial charge in [-0.3, -0.25) is 0 Å². The van der Waals surface area contributed by atoms with Gasteiger partial charge in [-0.2, -0.15) is 0 Å². The first-order valence-electron chi connectivity index (χ1n) is 6.68. The van der Waals surface area contributed by atoms with Gasteiger partial charge < -0.3 is 14.0 Å². The molecule has 112 valence electrons. The molecule has 0 aliphatic heterocycles. The largest absolute Gasteiger partial charge is 0.496 e. The molecule has 0 fully saturated rings. The fourth-order valence-electron chi connectivity index (χ4n) is 2.29. The summed E-state index contributed by atoms with van der Waals surface area (Å²) in [5, 5.41) is 4.53. The Morgan fingerprint density at radius 2 is 1.41 bits per heavy atom. The average molecular weight is 316 g/mol. The summed E-state index contributed by atoms with van der Waals surface area (Å²) >= 11 is 6.48. The lowest BCUT2D eigenvalue weighted by molar-refractivity contribution is 0.405. The number of nitrogens with zero attached hydrogens (tertiary/aromatic N) is 1. The molecule has 0 atom stereocenters. The Balaban J connectivity index is 2.13. The van der Waals surface area contributed by atoms with Crippen LogP contribution in [-0.2, 0) is 0 Å². The van der Waals surface area contributed by atoms with Crippen LogP contribution in [0, 0.1) is 0 Å². The maximum absolute atomic E-state index is 6.48. The molecule has 0 spiro atoms. The normalized spacial score (nSPS) is 10.5. The third-order valence-electron chi connectivity index (χ3n) is 3.35. The summed E-state index contributed by atoms with van der Waals surface area (Å²) in [5.41, 5.74) is 2.07. The van der Waals surface area contributed by atoms with Gasteiger partial charge in [0.15, 0.2) is 5.76 Å². The van der Waals surface area contributed by atoms with Crippen molar-refractivity contribution in [2.75, 3.05) is 14.2 Å². The van der Waals surface area contributed by atoms with Crippen LogP contribution in [-0.4, -0.2) is 19.4 Å². The van der Waals surface area contributed by atoms with Gasteiger partial charge in [0.05, 0.1) is 19.8 Å². The second-order valence-electron chi connectivity index (χ2n) is 4.57. The van der Waals surface area contributed by atoms with Gasteiger partial charge in [-0.1, -0.05) is 41.0 Å². The van der Waals surface area contributed by atoms with E-state index >= 15 is 0 Å². The van der Waals surface area contributed by atoms with Crippen molar-refractivity contribution in [2.45, 2.75) is 0 Å². The molecule has 0 saturated heterocycles. The van der Waals surface area contributed by atoms with Crippen LogP contribution in [0.4, 0.5) is 0 Å². The molecule has 0 amide bonds. The van der Waals surface area contributed by atoms with Gasteiger partial charge in [-0.15, -0.1) is 0 Å². The number of halogens is 1. The van der Waals surface area contributed by atoms with Crippen molar-refractivity contribution >= 4 is 11.6 Å². The summed E-state index contributed by atoms with van der Waals surface area (Å²) in [6.45, 7) is 0. The van der Waals surface area contributed by atoms with E-state index in [1.807, 2.05) is 48.5 Å². The first kappa shape index (κ1) is 14.5. The smallest absolute Gasteiger partial charge is 0.189 e. The summed E-state index contributed by atoms with van der Waals surface area (Å²) in [6.07, 6.45) is 0. The van der Waals surface area contributed by atoms with Gasteiger partial charge in [0, 0.05) is 5.56 Å². The lowest BCUT2D eigenvalue weighted by atomic mass is 10.1. The number of ether oxygens (including phenoxy) is 2. The first-order valence-corrected chi connectivity index (χ1v) is 7.06. The van der Waals surface area contributed by atoms with Crippen molar-refractivity contribution in [1.29, 1.82) is 0 Å². The second kappa shape index (κ2) is 6.12. The maximum Gasteiger partial charge on any atom is 0.189 e. The van der Waals surface area contributed by atoms with Gasteiger partial charge in [0.2, 0.25) is 0 Å². The van der Waals surface area contributed by atoms with Crippen molar-refractivity contribution in [1.82, 2.24) is 5.16 Å². The maximum atomic E-state index is 6.48. The Morgan fingerprint density at radius 1 is 0.864 bits per heavy atom. The van der Waals surface area contributed by atoms with Gasteiger partial charge in [0.25, 0.3) is 0 Å². The topological polar surface area (TPSA) is 44.5 Å². The van der Waals surface area contributed by atoms with Crippen LogP contribution in [0.5, 0.6) is 11.5 Å². The molecule has 22 heavy (non-hydrogen) atoms. The molecule has 0 aliphatic carbocycles. The summed E-state index contributed by atoms with van der Waals surface area (Å²) < 4.78 is 16.2. The molecular weight excluding hydrogens is 302 g/mol. The highest BCUT2D eigenvalue weighted by Gasteiger charge is 2.21. The molecule has 5 heteroatoms. The van der Waals surface area contributed by atoms with Crippen LogP contribution < -0.4 is 9.47 Å². The van der Waals surface area contributed by atoms with Crippen molar-refractivity contribution < 1.29 is 14.0 Å². The minimum absolute atomic E-state index is 0.425. The van der Waals surface area contributed by atoms with E-state index in [1.165, 1.54) is 0 Å². The Hall–Kier alpha value is -2.46. The fourth-order valence-corrected chi connectivity index (χ4v) is 2.56. The lowest BCUT2D eigenvalue weighted by Crippen LogP contribution is -1.88. The Labute approximate surface area is 133 Å². The van der Waals surface area contributed by atoms with E-state index < -0.39 is 0 Å². The minimum Gasteiger partial charge on any atom is -0.496 e. The van der Waals surface area contributed by atoms with Crippen molar-refractivity contribution in [2.24, 2.45) is 0 Å². The molecule has 2 aromatic carbocycles. The molecule has 0 bridgehead atoms. The Bertz CT molecular complexity index is 733. The number of aromatic nitrogens is 1. The summed E-state index contributed by atoms with van der Waals surface area (Å²) in [7, 11) is 3.21. The molecule has 3 aromatic rings. The SMILES string of the molecule is COc1ccccc1-c1noc(-c2ccccc2OC)c1Cl. The van der Waals surface area contributed by atoms with E-state index in [-0.39, 0.29) is 0 Å². The van der Waals surface area contributed by atoms with Gasteiger partial charge in [0.1, 0.15) is 22.2 Å². The van der Waals surface area contributed by atoms with Gasteiger partial charge in [-0.25, -0.2) is 0 Å². The van der Waals surface area contributed by atoms with Crippen molar-refractivity contribution in [3.8, 4) is 34.1 Å². The van der Waals surface area contributed by atoms with E-state index in [9.17, 15) is 0 Å². The Morgan fingerprint density at radius 3 is 2.05 bits per heavy atom. The predicted molar refractivity (Wildman–Crippen MR) is 85.5 cm³/mol. The minimum atomic E-state index is 0.425. The first-order chi connectivity index (χ1) is 10.8. The van der Waals surface area contributed by atoms with Crippen LogP contribution in [0.1, 0.15) is 0 Å². The molecule has 0 radical (unpaired) electrons. The quantitative estimate of drug-likeness (QED) is 0.701. The van der Waals surface area contributed by atoms with Gasteiger partial charge >= 0.3 is 0 Å². The van der Waals surface area contributed by atoms with Crippen molar-refractivity contribution in [3.63, 3.8) is 0 Å². The van der Waals surface area contributed by atoms with Gasteiger partial charge in [-0.05, 0) is 24.3 Å². The molecule has 0 N–H and O–H groups in total. The monoisotopic (exact) mass is 315 g/mol. The summed E-state index contributed by atoms with van der Waals surface area (Å²) in [5.74, 6) is 1.83. The molecule has 0 aliphatic rings. The zero-order chi connectivity index (χ0) is 15.5. The standard InChI is InChI=1S/C17H14ClNO3/c1-20-13-9-5-3-7-11(13)16-15(18)17(22-19-16)12-8-4-6-10-14(12)21-2/h3-10H,1-2H3. The van der Waals surface area contributed by atoms with Crippen LogP contribution in [0.25, 0.3) is 22.6 Å². The lowest BCUT2D eigenvalue weighted by Gasteiger charge is -2.06. The summed E-state index contributed by atoms with van der Waals surface area (Å²) in [4.78, 5) is 0. The number of rotatable bonds is 4. The molecule has 0 saturated carbocycles. The van der Waals surface area contributed by atoms with Crippen LogP contribution in [0.15, 0.2) is 53.1 Å². The third-order valence-corrected chi connectivity index (χ3v) is 3.70. The number of hydrogen-bond donors (Lipinski definition) is 0. The zero-order valence-corrected chi connectivity index (χ0v) is 12.9. The van der Waals surface area contributed by atoms with E-state index in [0.29, 0.717) is 28.0 Å². The van der Waals surface area contributed by atoms with Crippen LogP contribution in [0.2, 0.25) is 5.02 Å². The molecule has 4 nitrogen and oxygen atoms in total. The highest BCUT2D eigenvalue weighted by molar-refractivity contribution is 6.35. The van der Waals surface area contributed by atoms with E-state index in [2.05, 4.69) is 5.16 Å². The average Bonchev–Trinajstić information content (AvgIpc) is 2.96. The number of para-hydroxylation sites is 2. The van der Waals surface area contributed by atoms with Crippen LogP contribution in [0.3, 0.4) is 0 Å². The predicted octanol–water partition coefficient (Wildman–Crippen LogP) is 4.68. The van der Waals surface area contributed by atoms with Crippen LogP contribution >= 0.6 is 11.6 Å². The molecule has 1 aromatic heterocycles. The molecule has 1 heterocycles. The zero-order valence-electron chi connectivity index (χ0n) is 12.2. The number of methoxy groups -OCH3 is 2. The highest BCUT2D eigenvalue weighted by Crippen LogP contribution is 2.42. The summed E-state index contributed by atoms with van der Waals surface area (Å²) in [6, 6.07) is 15.0. The molecular formula is C17H14ClNO3. The van der Waals surface area contributed by atoms with E-state index in [1.54, 1.807) is 14.2 Å². The van der Waals surface area contributed by atoms with E-state index in [4.69, 9.17) is 25.6 Å². The van der Waals surface area contributed by atoms with E-state index in [0.717, 1.165) is 11.1 Å². The number of benzene rings is 2. The third kappa shape index (κ3) is 2.42. The fraction of sp³-hybridized carbons (Fsp3) is 0.118. The molecule has 3 rings (SSSR count). The second-order valence-corrected chi connectivity index (χ2v) is 4.95. The number of hydrogen-bond acceptors (Lipinski definition) is 4. The van der Waals surface area contributed by atoms with Crippen molar-refractivity contribution in [3.05, 3.63) is 53.6 Å². The molecule has 0 unspecified atom stereocenters. The highest BCUT2D eigenvalue weighted by atomic mass is 35.5.